The van der Waals surface area contributed by atoms with Gasteiger partial charge in [0.25, 0.3) is 0 Å². The lowest BCUT2D eigenvalue weighted by atomic mass is 10.9. The summed E-state index contributed by atoms with van der Waals surface area (Å²) in [5, 5.41) is 0. The molecule has 0 amide bonds. The van der Waals surface area contributed by atoms with Crippen molar-refractivity contribution >= 4 is 17.7 Å². The van der Waals surface area contributed by atoms with Gasteiger partial charge < -0.3 is 32.4 Å². The predicted molar refractivity (Wildman–Crippen MR) is 65.8 cm³/mol. The Balaban J connectivity index is 0. The third kappa shape index (κ3) is 12.6. The number of hydrogen-bond donors (Lipinski definition) is 3. The van der Waals surface area contributed by atoms with Crippen molar-refractivity contribution in [2.45, 2.75) is 27.7 Å². The SMILES string of the molecule is CCO[Si](OCC)(OCC)OCC.OP(O)O. The first-order valence-electron chi connectivity index (χ1n) is 5.40. The van der Waals surface area contributed by atoms with Crippen molar-refractivity contribution in [1.29, 1.82) is 0 Å². The summed E-state index contributed by atoms with van der Waals surface area (Å²) in [6.45, 7) is 9.80. The summed E-state index contributed by atoms with van der Waals surface area (Å²) in [5.41, 5.74) is 0. The average Bonchev–Trinajstić information content (AvgIpc) is 2.18. The van der Waals surface area contributed by atoms with Gasteiger partial charge in [0.15, 0.2) is 0 Å². The molecule has 0 saturated carbocycles. The van der Waals surface area contributed by atoms with Crippen molar-refractivity contribution < 1.29 is 32.4 Å². The van der Waals surface area contributed by atoms with Gasteiger partial charge in [-0.25, -0.2) is 0 Å². The van der Waals surface area contributed by atoms with Crippen molar-refractivity contribution in [3.8, 4) is 0 Å². The van der Waals surface area contributed by atoms with E-state index in [4.69, 9.17) is 32.4 Å². The smallest absolute Gasteiger partial charge is 0.351 e. The number of rotatable bonds is 8. The van der Waals surface area contributed by atoms with Gasteiger partial charge in [-0.2, -0.15) is 0 Å². The van der Waals surface area contributed by atoms with Gasteiger partial charge in [-0.1, -0.05) is 0 Å². The molecule has 0 unspecified atom stereocenters. The van der Waals surface area contributed by atoms with E-state index in [1.807, 2.05) is 27.7 Å². The highest BCUT2D eigenvalue weighted by Gasteiger charge is 2.44. The minimum absolute atomic E-state index is 0.548. The third-order valence-electron chi connectivity index (χ3n) is 1.28. The maximum atomic E-state index is 7.23. The fourth-order valence-corrected chi connectivity index (χ4v) is 2.87. The molecule has 17 heavy (non-hydrogen) atoms. The Morgan fingerprint density at radius 2 is 0.882 bits per heavy atom. The van der Waals surface area contributed by atoms with Crippen LogP contribution in [-0.2, 0) is 17.7 Å². The molecule has 3 N–H and O–H groups in total. The maximum absolute atomic E-state index is 7.23. The van der Waals surface area contributed by atoms with Crippen LogP contribution >= 0.6 is 8.60 Å². The van der Waals surface area contributed by atoms with Gasteiger partial charge in [0.2, 0.25) is 0 Å². The van der Waals surface area contributed by atoms with E-state index in [-0.39, 0.29) is 0 Å². The minimum Gasteiger partial charge on any atom is -0.351 e. The van der Waals surface area contributed by atoms with Crippen LogP contribution in [0.5, 0.6) is 0 Å². The number of hydrogen-bond acceptors (Lipinski definition) is 7. The van der Waals surface area contributed by atoms with E-state index in [9.17, 15) is 0 Å². The Morgan fingerprint density at radius 3 is 1.00 bits per heavy atom. The highest BCUT2D eigenvalue weighted by atomic mass is 31.2. The molecule has 0 aromatic heterocycles. The normalized spacial score (nSPS) is 11.3. The molecule has 0 aliphatic heterocycles. The molecule has 0 bridgehead atoms. The first-order chi connectivity index (χ1) is 7.97. The fourth-order valence-electron chi connectivity index (χ4n) is 0.957. The van der Waals surface area contributed by atoms with Crippen molar-refractivity contribution in [1.82, 2.24) is 0 Å². The largest absolute Gasteiger partial charge is 0.679 e. The molecular formula is C8H23O7PSi. The van der Waals surface area contributed by atoms with Crippen LogP contribution in [0.4, 0.5) is 0 Å². The summed E-state index contributed by atoms with van der Waals surface area (Å²) in [6, 6.07) is 0. The molecule has 0 spiro atoms. The van der Waals surface area contributed by atoms with Crippen LogP contribution in [-0.4, -0.2) is 50.2 Å². The van der Waals surface area contributed by atoms with Crippen LogP contribution in [0.25, 0.3) is 0 Å². The standard InChI is InChI=1S/C8H20O4Si.H3O3P/c1-5-9-13(10-6-2,11-7-3)12-8-4;1-4(2)3/h5-8H2,1-4H3;1-3H. The lowest BCUT2D eigenvalue weighted by molar-refractivity contribution is -0.0247. The lowest BCUT2D eigenvalue weighted by Gasteiger charge is -2.26. The van der Waals surface area contributed by atoms with Gasteiger partial charge in [-0.15, -0.1) is 0 Å². The van der Waals surface area contributed by atoms with Crippen LogP contribution in [0, 0.1) is 0 Å². The molecule has 0 heterocycles. The Kier molecular flexibility index (Phi) is 14.9. The Labute approximate surface area is 105 Å². The first kappa shape index (κ1) is 19.7. The van der Waals surface area contributed by atoms with Gasteiger partial charge in [0, 0.05) is 26.4 Å². The van der Waals surface area contributed by atoms with Crippen LogP contribution in [0.15, 0.2) is 0 Å². The molecule has 0 atom stereocenters. The van der Waals surface area contributed by atoms with E-state index in [0.29, 0.717) is 26.4 Å². The lowest BCUT2D eigenvalue weighted by Crippen LogP contribution is -2.49. The van der Waals surface area contributed by atoms with Gasteiger partial charge in [0.1, 0.15) is 0 Å². The van der Waals surface area contributed by atoms with E-state index in [1.54, 1.807) is 0 Å². The van der Waals surface area contributed by atoms with Gasteiger partial charge in [0.05, 0.1) is 0 Å². The predicted octanol–water partition coefficient (Wildman–Crippen LogP) is 0.758. The van der Waals surface area contributed by atoms with Crippen molar-refractivity contribution in [2.75, 3.05) is 26.4 Å². The molecule has 0 aromatic rings. The van der Waals surface area contributed by atoms with Gasteiger partial charge in [-0.05, 0) is 27.7 Å². The fraction of sp³-hybridized carbons (Fsp3) is 1.00. The first-order valence-corrected chi connectivity index (χ1v) is 8.23. The van der Waals surface area contributed by atoms with Crippen LogP contribution in [0.1, 0.15) is 27.7 Å². The molecule has 0 radical (unpaired) electrons. The topological polar surface area (TPSA) is 97.6 Å². The van der Waals surface area contributed by atoms with Crippen molar-refractivity contribution in [3.63, 3.8) is 0 Å². The Hall–Kier alpha value is 0.367. The molecule has 0 saturated heterocycles. The Morgan fingerprint density at radius 1 is 0.706 bits per heavy atom. The second-order valence-electron chi connectivity index (χ2n) is 2.50. The zero-order chi connectivity index (χ0) is 13.7. The molecule has 0 aliphatic carbocycles. The highest BCUT2D eigenvalue weighted by Crippen LogP contribution is 2.12. The molecule has 0 rings (SSSR count). The van der Waals surface area contributed by atoms with Crippen molar-refractivity contribution in [3.05, 3.63) is 0 Å². The molecule has 9 heteroatoms. The zero-order valence-corrected chi connectivity index (χ0v) is 12.6. The summed E-state index contributed by atoms with van der Waals surface area (Å²) in [6.07, 6.45) is 0. The zero-order valence-electron chi connectivity index (χ0n) is 10.8. The van der Waals surface area contributed by atoms with Gasteiger partial charge in [-0.3, -0.25) is 0 Å². The van der Waals surface area contributed by atoms with E-state index in [1.165, 1.54) is 0 Å². The third-order valence-corrected chi connectivity index (χ3v) is 3.85. The van der Waals surface area contributed by atoms with E-state index in [2.05, 4.69) is 0 Å². The second kappa shape index (κ2) is 12.8. The summed E-state index contributed by atoms with van der Waals surface area (Å²) < 4.78 is 21.7. The summed E-state index contributed by atoms with van der Waals surface area (Å²) in [4.78, 5) is 21.7. The van der Waals surface area contributed by atoms with Crippen molar-refractivity contribution in [2.24, 2.45) is 0 Å². The summed E-state index contributed by atoms with van der Waals surface area (Å²) in [5.74, 6) is 0. The molecule has 106 valence electrons. The minimum atomic E-state index is -2.80. The van der Waals surface area contributed by atoms with Crippen LogP contribution in [0.3, 0.4) is 0 Å². The van der Waals surface area contributed by atoms with E-state index in [0.717, 1.165) is 0 Å². The average molecular weight is 290 g/mol. The van der Waals surface area contributed by atoms with E-state index < -0.39 is 17.7 Å². The van der Waals surface area contributed by atoms with Crippen LogP contribution in [0.2, 0.25) is 0 Å². The maximum Gasteiger partial charge on any atom is 0.679 e. The molecule has 0 aromatic carbocycles. The molecule has 7 nitrogen and oxygen atoms in total. The molecule has 0 aliphatic rings. The van der Waals surface area contributed by atoms with Gasteiger partial charge >= 0.3 is 17.7 Å². The Bertz CT molecular complexity index is 129. The summed E-state index contributed by atoms with van der Waals surface area (Å²) >= 11 is 0. The summed E-state index contributed by atoms with van der Waals surface area (Å²) in [7, 11) is -5.42. The quantitative estimate of drug-likeness (QED) is 0.448. The van der Waals surface area contributed by atoms with E-state index >= 15 is 0 Å². The molecular weight excluding hydrogens is 267 g/mol. The molecule has 0 fully saturated rings. The highest BCUT2D eigenvalue weighted by molar-refractivity contribution is 7.38. The van der Waals surface area contributed by atoms with Crippen LogP contribution < -0.4 is 0 Å². The second-order valence-corrected chi connectivity index (χ2v) is 5.19. The monoisotopic (exact) mass is 290 g/mol.